The van der Waals surface area contributed by atoms with Gasteiger partial charge in [-0.25, -0.2) is 0 Å². The van der Waals surface area contributed by atoms with E-state index in [1.54, 1.807) is 0 Å². The zero-order valence-electron chi connectivity index (χ0n) is 4.33. The van der Waals surface area contributed by atoms with Crippen molar-refractivity contribution in [3.8, 4) is 0 Å². The highest BCUT2D eigenvalue weighted by Gasteiger charge is 1.58. The Hall–Kier alpha value is -0.210. The molecule has 4 nitrogen and oxygen atoms in total. The lowest BCUT2D eigenvalue weighted by Gasteiger charge is -1.90. The molecule has 0 aliphatic carbocycles. The number of hydrogen-bond donors (Lipinski definition) is 1. The molecule has 0 aromatic heterocycles. The zero-order chi connectivity index (χ0) is 6.28. The highest BCUT2D eigenvalue weighted by atomic mass is 31.0. The van der Waals surface area contributed by atoms with E-state index >= 15 is 0 Å². The average Bonchev–Trinajstić information content (AvgIpc) is 1.33. The maximum Gasteiger partial charge on any atom is 0.152 e. The van der Waals surface area contributed by atoms with E-state index in [1.165, 1.54) is 5.34 Å². The summed E-state index contributed by atoms with van der Waals surface area (Å²) >= 11 is 0. The van der Waals surface area contributed by atoms with Gasteiger partial charge in [-0.3, -0.25) is 4.67 Å². The van der Waals surface area contributed by atoms with Crippen LogP contribution in [0.2, 0.25) is 0 Å². The molecule has 0 saturated carbocycles. The molecule has 0 rings (SSSR count). The molecule has 0 heterocycles. The molecule has 0 bridgehead atoms. The van der Waals surface area contributed by atoms with Gasteiger partial charge in [0, 0.05) is 0 Å². The normalized spacial score (nSPS) is 6.86. The van der Waals surface area contributed by atoms with Gasteiger partial charge in [0.2, 0.25) is 0 Å². The van der Waals surface area contributed by atoms with Crippen molar-refractivity contribution in [1.82, 2.24) is 4.67 Å². The molecule has 0 radical (unpaired) electrons. The van der Waals surface area contributed by atoms with E-state index in [0.29, 0.717) is 0 Å². The van der Waals surface area contributed by atoms with Crippen LogP contribution in [-0.4, -0.2) is 24.0 Å². The third-order valence-corrected chi connectivity index (χ3v) is 0. The summed E-state index contributed by atoms with van der Waals surface area (Å²) in [5.41, 5.74) is 0. The lowest BCUT2D eigenvalue weighted by molar-refractivity contribution is 0.312. The van der Waals surface area contributed by atoms with Crippen LogP contribution >= 0.6 is 9.39 Å². The first-order chi connectivity index (χ1) is 3.15. The minimum absolute atomic E-state index is 1.25. The maximum atomic E-state index is 8.11. The monoisotopic (exact) mass is 124 g/mol. The SMILES string of the molecule is CN(C)P.O=NO. The van der Waals surface area contributed by atoms with E-state index in [0.717, 1.165) is 0 Å². The smallest absolute Gasteiger partial charge is 0.152 e. The van der Waals surface area contributed by atoms with Crippen LogP contribution in [0.25, 0.3) is 0 Å². The van der Waals surface area contributed by atoms with Gasteiger partial charge in [-0.05, 0) is 14.1 Å². The second-order valence-electron chi connectivity index (χ2n) is 1.05. The van der Waals surface area contributed by atoms with Crippen molar-refractivity contribution in [2.45, 2.75) is 0 Å². The summed E-state index contributed by atoms with van der Waals surface area (Å²) in [5, 5.41) is 7.89. The summed E-state index contributed by atoms with van der Waals surface area (Å²) in [6.07, 6.45) is 0. The highest BCUT2D eigenvalue weighted by molar-refractivity contribution is 7.13. The molecule has 0 aliphatic rings. The van der Waals surface area contributed by atoms with Gasteiger partial charge in [0.15, 0.2) is 5.34 Å². The standard InChI is InChI=1S/C2H8NP.HNO2/c1-3(2)4;2-1-3/h4H2,1-2H3;(H,2,3). The van der Waals surface area contributed by atoms with Crippen molar-refractivity contribution in [2.24, 2.45) is 5.34 Å². The fourth-order valence-electron chi connectivity index (χ4n) is 0. The molecule has 0 aromatic carbocycles. The van der Waals surface area contributed by atoms with Gasteiger partial charge in [0.1, 0.15) is 0 Å². The molecule has 0 aliphatic heterocycles. The van der Waals surface area contributed by atoms with E-state index in [2.05, 4.69) is 9.39 Å². The van der Waals surface area contributed by atoms with Gasteiger partial charge in [0.05, 0.1) is 0 Å². The third kappa shape index (κ3) is 1890. The Balaban J connectivity index is 0. The van der Waals surface area contributed by atoms with Crippen LogP contribution in [-0.2, 0) is 0 Å². The summed E-state index contributed by atoms with van der Waals surface area (Å²) in [6.45, 7) is 0. The Bertz CT molecular complexity index is 37.9. The molecule has 44 valence electrons. The topological polar surface area (TPSA) is 52.9 Å². The van der Waals surface area contributed by atoms with Crippen LogP contribution < -0.4 is 0 Å². The predicted octanol–water partition coefficient (Wildman–Crippen LogP) is 0.480. The number of hydrogen-bond acceptors (Lipinski definition) is 3. The third-order valence-electron chi connectivity index (χ3n) is 0. The second-order valence-corrected chi connectivity index (χ2v) is 2.08. The first-order valence-corrected chi connectivity index (χ1v) is 2.05. The lowest BCUT2D eigenvalue weighted by atomic mass is 11.3. The van der Waals surface area contributed by atoms with Crippen molar-refractivity contribution >= 4 is 9.39 Å². The molecule has 7 heavy (non-hydrogen) atoms. The van der Waals surface area contributed by atoms with Crippen molar-refractivity contribution in [2.75, 3.05) is 14.1 Å². The van der Waals surface area contributed by atoms with E-state index < -0.39 is 0 Å². The Morgan fingerprint density at radius 2 is 1.71 bits per heavy atom. The molecule has 5 heteroatoms. The lowest BCUT2D eigenvalue weighted by Crippen LogP contribution is -1.88. The Labute approximate surface area is 44.7 Å². The maximum absolute atomic E-state index is 8.11. The fourth-order valence-corrected chi connectivity index (χ4v) is 0. The van der Waals surface area contributed by atoms with Crippen LogP contribution in [0, 0.1) is 4.91 Å². The average molecular weight is 124 g/mol. The summed E-state index contributed by atoms with van der Waals surface area (Å²) in [6, 6.07) is 0. The van der Waals surface area contributed by atoms with E-state index in [1.807, 2.05) is 18.8 Å². The van der Waals surface area contributed by atoms with Crippen LogP contribution in [0.3, 0.4) is 0 Å². The molecular formula is C2H9N2O2P. The summed E-state index contributed by atoms with van der Waals surface area (Å²) in [4.78, 5) is 8.11. The molecular weight excluding hydrogens is 115 g/mol. The quantitative estimate of drug-likeness (QED) is 0.290. The minimum Gasteiger partial charge on any atom is -0.379 e. The largest absolute Gasteiger partial charge is 0.379 e. The van der Waals surface area contributed by atoms with E-state index in [9.17, 15) is 0 Å². The minimum atomic E-state index is 1.25. The Morgan fingerprint density at radius 1 is 1.71 bits per heavy atom. The second kappa shape index (κ2) is 9.25. The van der Waals surface area contributed by atoms with Crippen LogP contribution in [0.5, 0.6) is 0 Å². The Morgan fingerprint density at radius 3 is 1.71 bits per heavy atom. The van der Waals surface area contributed by atoms with Crippen molar-refractivity contribution < 1.29 is 5.21 Å². The Kier molecular flexibility index (Phi) is 13.1. The van der Waals surface area contributed by atoms with Crippen LogP contribution in [0.4, 0.5) is 0 Å². The number of rotatable bonds is 0. The van der Waals surface area contributed by atoms with E-state index in [4.69, 9.17) is 10.1 Å². The van der Waals surface area contributed by atoms with Crippen molar-refractivity contribution in [3.63, 3.8) is 0 Å². The van der Waals surface area contributed by atoms with Gasteiger partial charge in [-0.2, -0.15) is 0 Å². The summed E-state index contributed by atoms with van der Waals surface area (Å²) < 4.78 is 1.92. The molecule has 0 amide bonds. The molecule has 0 spiro atoms. The zero-order valence-corrected chi connectivity index (χ0v) is 5.48. The molecule has 0 saturated heterocycles. The molecule has 0 aromatic rings. The van der Waals surface area contributed by atoms with Crippen LogP contribution in [0.15, 0.2) is 5.34 Å². The summed E-state index contributed by atoms with van der Waals surface area (Å²) in [7, 11) is 6.42. The van der Waals surface area contributed by atoms with Crippen molar-refractivity contribution in [1.29, 1.82) is 0 Å². The fraction of sp³-hybridized carbons (Fsp3) is 1.00. The molecule has 1 unspecified atom stereocenters. The van der Waals surface area contributed by atoms with Gasteiger partial charge in [-0.1, -0.05) is 9.39 Å². The molecule has 1 atom stereocenters. The summed E-state index contributed by atoms with van der Waals surface area (Å²) in [5.74, 6) is 0. The van der Waals surface area contributed by atoms with Crippen LogP contribution in [0.1, 0.15) is 0 Å². The molecule has 0 fully saturated rings. The first-order valence-electron chi connectivity index (χ1n) is 1.54. The molecule has 1 N–H and O–H groups in total. The van der Waals surface area contributed by atoms with E-state index in [-0.39, 0.29) is 0 Å². The van der Waals surface area contributed by atoms with Gasteiger partial charge in [-0.15, -0.1) is 4.91 Å². The predicted molar refractivity (Wildman–Crippen MR) is 31.0 cm³/mol. The van der Waals surface area contributed by atoms with Gasteiger partial charge >= 0.3 is 0 Å². The van der Waals surface area contributed by atoms with Gasteiger partial charge < -0.3 is 5.21 Å². The first kappa shape index (κ1) is 9.92. The van der Waals surface area contributed by atoms with Crippen molar-refractivity contribution in [3.05, 3.63) is 4.91 Å². The number of nitrogens with zero attached hydrogens (tertiary/aromatic N) is 2. The van der Waals surface area contributed by atoms with Gasteiger partial charge in [0.25, 0.3) is 0 Å². The highest BCUT2D eigenvalue weighted by Crippen LogP contribution is 1.78.